The van der Waals surface area contributed by atoms with Crippen molar-refractivity contribution in [2.45, 2.75) is 11.5 Å². The van der Waals surface area contributed by atoms with Gasteiger partial charge in [-0.15, -0.1) is 0 Å². The molecule has 0 unspecified atom stereocenters. The number of anilines is 1. The van der Waals surface area contributed by atoms with Gasteiger partial charge in [-0.1, -0.05) is 22.7 Å². The maximum Gasteiger partial charge on any atom is 0.291 e. The molecule has 8 nitrogen and oxygen atoms in total. The van der Waals surface area contributed by atoms with Crippen molar-refractivity contribution in [2.24, 2.45) is 0 Å². The predicted octanol–water partition coefficient (Wildman–Crippen LogP) is 3.01. The van der Waals surface area contributed by atoms with E-state index in [-0.39, 0.29) is 17.3 Å². The number of hydrogen-bond donors (Lipinski definition) is 1. The average Bonchev–Trinajstić information content (AvgIpc) is 3.07. The van der Waals surface area contributed by atoms with E-state index in [1.165, 1.54) is 38.4 Å². The maximum atomic E-state index is 12.7. The van der Waals surface area contributed by atoms with Crippen LogP contribution in [-0.4, -0.2) is 40.1 Å². The van der Waals surface area contributed by atoms with Gasteiger partial charge >= 0.3 is 0 Å². The molecular formula is C19H20N2O6S. The summed E-state index contributed by atoms with van der Waals surface area (Å²) < 4.78 is 36.1. The molecule has 3 rings (SSSR count). The average molecular weight is 404 g/mol. The lowest BCUT2D eigenvalue weighted by Crippen LogP contribution is -2.25. The lowest BCUT2D eigenvalue weighted by molar-refractivity contribution is -0.0258. The van der Waals surface area contributed by atoms with Crippen LogP contribution >= 0.6 is 0 Å². The molecule has 1 heterocycles. The number of methoxy groups -OCH3 is 1. The van der Waals surface area contributed by atoms with Gasteiger partial charge in [0.25, 0.3) is 15.9 Å². The van der Waals surface area contributed by atoms with Crippen molar-refractivity contribution in [1.82, 2.24) is 4.47 Å². The van der Waals surface area contributed by atoms with Gasteiger partial charge < -0.3 is 14.5 Å². The Labute approximate surface area is 162 Å². The van der Waals surface area contributed by atoms with Crippen LogP contribution in [0.25, 0.3) is 11.0 Å². The number of benzene rings is 2. The van der Waals surface area contributed by atoms with Gasteiger partial charge in [-0.3, -0.25) is 9.63 Å². The summed E-state index contributed by atoms with van der Waals surface area (Å²) in [5.41, 5.74) is 1.66. The SMILES string of the molecule is COCc1c(C(=O)Nc2ccc(S(=O)(=O)N(C)OC)cc2)oc2ccccc12. The first-order chi connectivity index (χ1) is 13.4. The third-order valence-corrected chi connectivity index (χ3v) is 5.89. The molecular weight excluding hydrogens is 384 g/mol. The molecule has 0 bridgehead atoms. The molecule has 0 aliphatic heterocycles. The Balaban J connectivity index is 1.86. The lowest BCUT2D eigenvalue weighted by atomic mass is 10.1. The van der Waals surface area contributed by atoms with Gasteiger partial charge in [-0.05, 0) is 30.3 Å². The van der Waals surface area contributed by atoms with Crippen LogP contribution in [0.4, 0.5) is 5.69 Å². The minimum Gasteiger partial charge on any atom is -0.451 e. The Bertz CT molecular complexity index is 1090. The summed E-state index contributed by atoms with van der Waals surface area (Å²) in [6.45, 7) is 0.223. The number of hydroxylamine groups is 1. The van der Waals surface area contributed by atoms with Crippen molar-refractivity contribution < 1.29 is 27.2 Å². The number of carbonyl (C=O) groups is 1. The highest BCUT2D eigenvalue weighted by molar-refractivity contribution is 7.89. The van der Waals surface area contributed by atoms with Crippen LogP contribution in [-0.2, 0) is 26.2 Å². The molecule has 0 aliphatic rings. The Hall–Kier alpha value is -2.72. The number of furan rings is 1. The van der Waals surface area contributed by atoms with Crippen LogP contribution in [0.5, 0.6) is 0 Å². The molecule has 0 aliphatic carbocycles. The number of carbonyl (C=O) groups excluding carboxylic acids is 1. The fourth-order valence-corrected chi connectivity index (χ4v) is 3.69. The van der Waals surface area contributed by atoms with E-state index in [1.807, 2.05) is 18.2 Å². The number of nitrogens with zero attached hydrogens (tertiary/aromatic N) is 1. The molecule has 9 heteroatoms. The molecule has 1 N–H and O–H groups in total. The third kappa shape index (κ3) is 3.78. The highest BCUT2D eigenvalue weighted by atomic mass is 32.2. The zero-order chi connectivity index (χ0) is 20.3. The highest BCUT2D eigenvalue weighted by Crippen LogP contribution is 2.27. The second-order valence-corrected chi connectivity index (χ2v) is 7.85. The molecule has 1 aromatic heterocycles. The van der Waals surface area contributed by atoms with Crippen molar-refractivity contribution in [3.8, 4) is 0 Å². The molecule has 1 amide bonds. The van der Waals surface area contributed by atoms with E-state index >= 15 is 0 Å². The van der Waals surface area contributed by atoms with Gasteiger partial charge in [0.2, 0.25) is 0 Å². The van der Waals surface area contributed by atoms with Crippen LogP contribution in [0, 0.1) is 0 Å². The number of ether oxygens (including phenoxy) is 1. The van der Waals surface area contributed by atoms with Crippen molar-refractivity contribution in [3.63, 3.8) is 0 Å². The third-order valence-electron chi connectivity index (χ3n) is 4.20. The normalized spacial score (nSPS) is 11.9. The Morgan fingerprint density at radius 3 is 2.43 bits per heavy atom. The van der Waals surface area contributed by atoms with Crippen LogP contribution < -0.4 is 5.32 Å². The fourth-order valence-electron chi connectivity index (χ4n) is 2.71. The van der Waals surface area contributed by atoms with Crippen LogP contribution in [0.1, 0.15) is 16.1 Å². The highest BCUT2D eigenvalue weighted by Gasteiger charge is 2.22. The monoisotopic (exact) mass is 404 g/mol. The molecule has 2 aromatic carbocycles. The maximum absolute atomic E-state index is 12.7. The standard InChI is InChI=1S/C19H20N2O6S/c1-21(26-3)28(23,24)14-10-8-13(9-11-14)20-19(22)18-16(12-25-2)15-6-4-5-7-17(15)27-18/h4-11H,12H2,1-3H3,(H,20,22). The van der Waals surface area contributed by atoms with E-state index in [4.69, 9.17) is 14.0 Å². The summed E-state index contributed by atoms with van der Waals surface area (Å²) in [4.78, 5) is 17.5. The van der Waals surface area contributed by atoms with Crippen LogP contribution in [0.3, 0.4) is 0 Å². The van der Waals surface area contributed by atoms with Gasteiger partial charge in [-0.2, -0.15) is 0 Å². The summed E-state index contributed by atoms with van der Waals surface area (Å²) in [6, 6.07) is 13.1. The van der Waals surface area contributed by atoms with Crippen LogP contribution in [0.15, 0.2) is 57.8 Å². The number of rotatable bonds is 7. The molecule has 0 radical (unpaired) electrons. The van der Waals surface area contributed by atoms with E-state index in [0.29, 0.717) is 16.8 Å². The van der Waals surface area contributed by atoms with E-state index in [0.717, 1.165) is 9.85 Å². The first-order valence-electron chi connectivity index (χ1n) is 8.32. The molecule has 0 saturated carbocycles. The van der Waals surface area contributed by atoms with Gasteiger partial charge in [-0.25, -0.2) is 8.42 Å². The zero-order valence-corrected chi connectivity index (χ0v) is 16.4. The second kappa shape index (κ2) is 8.11. The zero-order valence-electron chi connectivity index (χ0n) is 15.6. The largest absolute Gasteiger partial charge is 0.451 e. The minimum absolute atomic E-state index is 0.0404. The summed E-state index contributed by atoms with van der Waals surface area (Å²) in [5, 5.41) is 3.52. The van der Waals surface area contributed by atoms with Crippen molar-refractivity contribution >= 4 is 32.6 Å². The van der Waals surface area contributed by atoms with E-state index in [9.17, 15) is 13.2 Å². The first-order valence-corrected chi connectivity index (χ1v) is 9.76. The predicted molar refractivity (Wildman–Crippen MR) is 103 cm³/mol. The quantitative estimate of drug-likeness (QED) is 0.608. The molecule has 0 spiro atoms. The smallest absolute Gasteiger partial charge is 0.291 e. The Kier molecular flexibility index (Phi) is 5.80. The van der Waals surface area contributed by atoms with E-state index in [2.05, 4.69) is 5.32 Å². The first kappa shape index (κ1) is 20.0. The molecule has 0 saturated heterocycles. The molecule has 148 valence electrons. The summed E-state index contributed by atoms with van der Waals surface area (Å²) in [6.07, 6.45) is 0. The number of fused-ring (bicyclic) bond motifs is 1. The minimum atomic E-state index is -3.75. The summed E-state index contributed by atoms with van der Waals surface area (Å²) in [7, 11) is 0.343. The number of hydrogen-bond acceptors (Lipinski definition) is 6. The van der Waals surface area contributed by atoms with Crippen molar-refractivity contribution in [2.75, 3.05) is 26.6 Å². The number of para-hydroxylation sites is 1. The Morgan fingerprint density at radius 1 is 1.11 bits per heavy atom. The number of amides is 1. The van der Waals surface area contributed by atoms with E-state index in [1.54, 1.807) is 13.2 Å². The molecule has 3 aromatic rings. The van der Waals surface area contributed by atoms with Gasteiger partial charge in [0, 0.05) is 30.8 Å². The summed E-state index contributed by atoms with van der Waals surface area (Å²) >= 11 is 0. The topological polar surface area (TPSA) is 98.1 Å². The second-order valence-electron chi connectivity index (χ2n) is 5.91. The molecule has 28 heavy (non-hydrogen) atoms. The fraction of sp³-hybridized carbons (Fsp3) is 0.211. The Morgan fingerprint density at radius 2 is 1.79 bits per heavy atom. The number of nitrogens with one attached hydrogen (secondary N) is 1. The van der Waals surface area contributed by atoms with Crippen molar-refractivity contribution in [3.05, 3.63) is 59.9 Å². The molecule has 0 atom stereocenters. The van der Waals surface area contributed by atoms with Gasteiger partial charge in [0.15, 0.2) is 5.76 Å². The van der Waals surface area contributed by atoms with Crippen molar-refractivity contribution in [1.29, 1.82) is 0 Å². The number of sulfonamides is 1. The molecule has 0 fully saturated rings. The van der Waals surface area contributed by atoms with Gasteiger partial charge in [0.05, 0.1) is 18.6 Å². The van der Waals surface area contributed by atoms with E-state index < -0.39 is 15.9 Å². The lowest BCUT2D eigenvalue weighted by Gasteiger charge is -2.14. The summed E-state index contributed by atoms with van der Waals surface area (Å²) in [5.74, 6) is -0.299. The van der Waals surface area contributed by atoms with Gasteiger partial charge in [0.1, 0.15) is 5.58 Å². The van der Waals surface area contributed by atoms with Crippen LogP contribution in [0.2, 0.25) is 0 Å².